The number of hydrogen-bond donors (Lipinski definition) is 0. The van der Waals surface area contributed by atoms with Crippen molar-refractivity contribution in [3.05, 3.63) is 0 Å². The summed E-state index contributed by atoms with van der Waals surface area (Å²) in [5, 5.41) is 0. The van der Waals surface area contributed by atoms with Gasteiger partial charge in [-0.3, -0.25) is 0 Å². The lowest BCUT2D eigenvalue weighted by Gasteiger charge is -2.14. The van der Waals surface area contributed by atoms with Crippen LogP contribution in [-0.4, -0.2) is 26.7 Å². The number of halogens is 7. The first kappa shape index (κ1) is 15.1. The third-order valence-electron chi connectivity index (χ3n) is 1.89. The van der Waals surface area contributed by atoms with Crippen molar-refractivity contribution in [3.63, 3.8) is 0 Å². The maximum atomic E-state index is 11.8. The van der Waals surface area contributed by atoms with Crippen LogP contribution in [0.2, 0.25) is 12.1 Å². The molecular formula is C7H11ClF6Si. The molecule has 0 bridgehead atoms. The standard InChI is InChI=1S/C7H11ClF6Si/c8-5-15(3-1-6(9,10)11)4-2-7(12,13)14/h15H,1-5H2. The maximum absolute atomic E-state index is 11.8. The van der Waals surface area contributed by atoms with E-state index in [0.717, 1.165) is 0 Å². The van der Waals surface area contributed by atoms with Crippen LogP contribution < -0.4 is 0 Å². The van der Waals surface area contributed by atoms with E-state index in [1.54, 1.807) is 0 Å². The highest BCUT2D eigenvalue weighted by Gasteiger charge is 2.31. The Hall–Kier alpha value is 0.0869. The van der Waals surface area contributed by atoms with E-state index in [2.05, 4.69) is 0 Å². The smallest absolute Gasteiger partial charge is 0.171 e. The molecule has 0 unspecified atom stereocenters. The van der Waals surface area contributed by atoms with E-state index in [1.165, 1.54) is 0 Å². The van der Waals surface area contributed by atoms with Crippen molar-refractivity contribution in [2.45, 2.75) is 37.3 Å². The van der Waals surface area contributed by atoms with Crippen LogP contribution in [0.25, 0.3) is 0 Å². The lowest BCUT2D eigenvalue weighted by Crippen LogP contribution is -2.22. The summed E-state index contributed by atoms with van der Waals surface area (Å²) >= 11 is 5.35. The molecule has 0 aliphatic rings. The second-order valence-corrected chi connectivity index (χ2v) is 7.45. The van der Waals surface area contributed by atoms with E-state index in [0.29, 0.717) is 0 Å². The van der Waals surface area contributed by atoms with Gasteiger partial charge in [-0.25, -0.2) is 0 Å². The Kier molecular flexibility index (Phi) is 6.01. The average Bonchev–Trinajstić information content (AvgIpc) is 2.00. The van der Waals surface area contributed by atoms with E-state index < -0.39 is 34.0 Å². The van der Waals surface area contributed by atoms with Crippen LogP contribution in [0.3, 0.4) is 0 Å². The van der Waals surface area contributed by atoms with E-state index in [1.807, 2.05) is 0 Å². The first-order valence-electron chi connectivity index (χ1n) is 4.33. The largest absolute Gasteiger partial charge is 0.388 e. The summed E-state index contributed by atoms with van der Waals surface area (Å²) in [5.74, 6) is 0. The fraction of sp³-hybridized carbons (Fsp3) is 1.00. The first-order chi connectivity index (χ1) is 6.64. The van der Waals surface area contributed by atoms with E-state index in [4.69, 9.17) is 11.6 Å². The third kappa shape index (κ3) is 10.4. The van der Waals surface area contributed by atoms with Crippen LogP contribution in [-0.2, 0) is 0 Å². The normalized spacial score (nSPS) is 13.6. The van der Waals surface area contributed by atoms with Gasteiger partial charge in [0.05, 0.1) is 8.80 Å². The molecule has 0 saturated carbocycles. The van der Waals surface area contributed by atoms with Crippen LogP contribution in [0.15, 0.2) is 0 Å². The van der Waals surface area contributed by atoms with Gasteiger partial charge in [0, 0.05) is 18.3 Å². The van der Waals surface area contributed by atoms with Gasteiger partial charge in [0.1, 0.15) is 0 Å². The Morgan fingerprint density at radius 3 is 1.33 bits per heavy atom. The molecule has 92 valence electrons. The monoisotopic (exact) mass is 272 g/mol. The minimum atomic E-state index is -4.30. The molecule has 0 aromatic heterocycles. The zero-order valence-electron chi connectivity index (χ0n) is 7.76. The van der Waals surface area contributed by atoms with Gasteiger partial charge < -0.3 is 0 Å². The SMILES string of the molecule is FC(F)(F)CC[SiH](CCl)CCC(F)(F)F. The topological polar surface area (TPSA) is 0 Å². The zero-order valence-corrected chi connectivity index (χ0v) is 9.67. The Balaban J connectivity index is 3.84. The molecule has 0 saturated heterocycles. The molecule has 0 aromatic carbocycles. The van der Waals surface area contributed by atoms with E-state index >= 15 is 0 Å². The average molecular weight is 273 g/mol. The molecule has 0 fully saturated rings. The molecule has 15 heavy (non-hydrogen) atoms. The van der Waals surface area contributed by atoms with Gasteiger partial charge in [0.25, 0.3) is 0 Å². The Morgan fingerprint density at radius 2 is 1.13 bits per heavy atom. The van der Waals surface area contributed by atoms with Crippen molar-refractivity contribution in [2.75, 3.05) is 5.50 Å². The van der Waals surface area contributed by atoms with Crippen molar-refractivity contribution in [3.8, 4) is 0 Å². The molecular weight excluding hydrogens is 262 g/mol. The summed E-state index contributed by atoms with van der Waals surface area (Å²) in [4.78, 5) is 0. The van der Waals surface area contributed by atoms with E-state index in [-0.39, 0.29) is 17.6 Å². The molecule has 0 atom stereocenters. The minimum absolute atomic E-state index is 0.0356. The lowest BCUT2D eigenvalue weighted by molar-refractivity contribution is -0.131. The summed E-state index contributed by atoms with van der Waals surface area (Å²) in [5.41, 5.74) is -0.0356. The fourth-order valence-corrected chi connectivity index (χ4v) is 4.03. The Labute approximate surface area is 90.2 Å². The highest BCUT2D eigenvalue weighted by Crippen LogP contribution is 2.27. The predicted molar refractivity (Wildman–Crippen MR) is 48.8 cm³/mol. The summed E-state index contributed by atoms with van der Waals surface area (Å²) < 4.78 is 70.7. The number of rotatable bonds is 5. The first-order valence-corrected chi connectivity index (χ1v) is 7.32. The summed E-state index contributed by atoms with van der Waals surface area (Å²) in [6.07, 6.45) is -10.6. The van der Waals surface area contributed by atoms with Gasteiger partial charge in [-0.05, 0) is 0 Å². The van der Waals surface area contributed by atoms with Crippen LogP contribution in [0.5, 0.6) is 0 Å². The van der Waals surface area contributed by atoms with Crippen molar-refractivity contribution >= 4 is 20.4 Å². The van der Waals surface area contributed by atoms with Gasteiger partial charge in [-0.1, -0.05) is 12.1 Å². The molecule has 0 amide bonds. The summed E-state index contributed by atoms with van der Waals surface area (Å²) in [6.45, 7) is 0. The second-order valence-electron chi connectivity index (χ2n) is 3.33. The van der Waals surface area contributed by atoms with Crippen LogP contribution in [0.4, 0.5) is 26.3 Å². The van der Waals surface area contributed by atoms with Gasteiger partial charge in [-0.2, -0.15) is 26.3 Å². The highest BCUT2D eigenvalue weighted by molar-refractivity contribution is 6.67. The molecule has 0 N–H and O–H groups in total. The maximum Gasteiger partial charge on any atom is 0.388 e. The minimum Gasteiger partial charge on any atom is -0.171 e. The predicted octanol–water partition coefficient (Wildman–Crippen LogP) is 3.90. The van der Waals surface area contributed by atoms with Gasteiger partial charge >= 0.3 is 12.4 Å². The van der Waals surface area contributed by atoms with Crippen LogP contribution in [0.1, 0.15) is 12.8 Å². The molecule has 8 heteroatoms. The number of alkyl halides is 7. The van der Waals surface area contributed by atoms with Gasteiger partial charge in [-0.15, -0.1) is 11.6 Å². The summed E-state index contributed by atoms with van der Waals surface area (Å²) in [7, 11) is -2.09. The molecule has 0 aliphatic heterocycles. The number of hydrogen-bond acceptors (Lipinski definition) is 0. The van der Waals surface area contributed by atoms with Crippen LogP contribution >= 0.6 is 11.6 Å². The highest BCUT2D eigenvalue weighted by atomic mass is 35.5. The Bertz CT molecular complexity index is 159. The fourth-order valence-electron chi connectivity index (χ4n) is 1.03. The molecule has 0 rings (SSSR count). The second kappa shape index (κ2) is 5.98. The zero-order chi connectivity index (χ0) is 12.1. The third-order valence-corrected chi connectivity index (χ3v) is 5.85. The lowest BCUT2D eigenvalue weighted by atomic mass is 10.5. The molecule has 0 radical (unpaired) electrons. The Morgan fingerprint density at radius 1 is 0.800 bits per heavy atom. The molecule has 0 spiro atoms. The molecule has 0 nitrogen and oxygen atoms in total. The van der Waals surface area contributed by atoms with Crippen LogP contribution in [0, 0.1) is 0 Å². The quantitative estimate of drug-likeness (QED) is 0.405. The van der Waals surface area contributed by atoms with Crippen molar-refractivity contribution < 1.29 is 26.3 Å². The van der Waals surface area contributed by atoms with E-state index in [9.17, 15) is 26.3 Å². The van der Waals surface area contributed by atoms with Gasteiger partial charge in [0.2, 0.25) is 0 Å². The van der Waals surface area contributed by atoms with Crippen molar-refractivity contribution in [1.82, 2.24) is 0 Å². The molecule has 0 aliphatic carbocycles. The molecule has 0 heterocycles. The van der Waals surface area contributed by atoms with Gasteiger partial charge in [0.15, 0.2) is 0 Å². The summed E-state index contributed by atoms with van der Waals surface area (Å²) in [6, 6.07) is -0.411. The molecule has 0 aromatic rings. The van der Waals surface area contributed by atoms with Crippen molar-refractivity contribution in [2.24, 2.45) is 0 Å². The van der Waals surface area contributed by atoms with Crippen molar-refractivity contribution in [1.29, 1.82) is 0 Å².